The molecule has 0 fully saturated rings. The molecule has 2 aromatic rings. The van der Waals surface area contributed by atoms with Crippen molar-refractivity contribution in [2.75, 3.05) is 20.6 Å². The molecule has 0 aliphatic carbocycles. The van der Waals surface area contributed by atoms with Crippen LogP contribution in [0.5, 0.6) is 0 Å². The Kier molecular flexibility index (Phi) is 2.75. The van der Waals surface area contributed by atoms with E-state index in [0.717, 1.165) is 0 Å². The third-order valence-corrected chi connectivity index (χ3v) is 2.42. The minimum atomic E-state index is -0.332. The van der Waals surface area contributed by atoms with Crippen LogP contribution >= 0.6 is 0 Å². The SMILES string of the molecule is CN(C)CC(=O)c1c[nH]c2c(F)cccc12. The van der Waals surface area contributed by atoms with Crippen LogP contribution in [0.4, 0.5) is 4.39 Å². The lowest BCUT2D eigenvalue weighted by Crippen LogP contribution is -2.21. The smallest absolute Gasteiger partial charge is 0.178 e. The van der Waals surface area contributed by atoms with Gasteiger partial charge in [0.15, 0.2) is 5.78 Å². The van der Waals surface area contributed by atoms with Crippen molar-refractivity contribution < 1.29 is 9.18 Å². The summed E-state index contributed by atoms with van der Waals surface area (Å²) < 4.78 is 13.4. The Hall–Kier alpha value is -1.68. The molecule has 1 aromatic carbocycles. The number of carbonyl (C=O) groups is 1. The van der Waals surface area contributed by atoms with Gasteiger partial charge < -0.3 is 9.88 Å². The Morgan fingerprint density at radius 2 is 2.19 bits per heavy atom. The number of likely N-dealkylation sites (N-methyl/N-ethyl adjacent to an activating group) is 1. The molecule has 0 radical (unpaired) electrons. The molecule has 0 aliphatic heterocycles. The maximum Gasteiger partial charge on any atom is 0.178 e. The van der Waals surface area contributed by atoms with Crippen LogP contribution in [-0.2, 0) is 0 Å². The first-order valence-corrected chi connectivity index (χ1v) is 5.03. The van der Waals surface area contributed by atoms with Crippen molar-refractivity contribution in [3.05, 3.63) is 35.8 Å². The molecule has 0 saturated carbocycles. The third kappa shape index (κ3) is 1.84. The highest BCUT2D eigenvalue weighted by Gasteiger charge is 2.14. The fourth-order valence-corrected chi connectivity index (χ4v) is 1.72. The van der Waals surface area contributed by atoms with E-state index in [4.69, 9.17) is 0 Å². The van der Waals surface area contributed by atoms with Gasteiger partial charge in [-0.3, -0.25) is 4.79 Å². The number of hydrogen-bond donors (Lipinski definition) is 1. The average molecular weight is 220 g/mol. The van der Waals surface area contributed by atoms with Crippen molar-refractivity contribution >= 4 is 16.7 Å². The van der Waals surface area contributed by atoms with E-state index in [0.29, 0.717) is 23.0 Å². The number of aromatic nitrogens is 1. The van der Waals surface area contributed by atoms with Crippen LogP contribution in [-0.4, -0.2) is 36.3 Å². The molecule has 2 rings (SSSR count). The zero-order valence-electron chi connectivity index (χ0n) is 9.25. The molecule has 0 bridgehead atoms. The van der Waals surface area contributed by atoms with Crippen LogP contribution in [0.1, 0.15) is 10.4 Å². The summed E-state index contributed by atoms with van der Waals surface area (Å²) in [4.78, 5) is 16.4. The second-order valence-corrected chi connectivity index (χ2v) is 4.03. The Labute approximate surface area is 92.9 Å². The number of nitrogens with zero attached hydrogens (tertiary/aromatic N) is 1. The van der Waals surface area contributed by atoms with E-state index in [1.165, 1.54) is 6.07 Å². The topological polar surface area (TPSA) is 36.1 Å². The van der Waals surface area contributed by atoms with Gasteiger partial charge in [-0.15, -0.1) is 0 Å². The summed E-state index contributed by atoms with van der Waals surface area (Å²) in [6.45, 7) is 0.323. The van der Waals surface area contributed by atoms with E-state index in [2.05, 4.69) is 4.98 Å². The number of hydrogen-bond acceptors (Lipinski definition) is 2. The molecule has 1 aromatic heterocycles. The Bertz CT molecular complexity index is 531. The molecule has 0 saturated heterocycles. The predicted molar refractivity (Wildman–Crippen MR) is 61.1 cm³/mol. The first-order valence-electron chi connectivity index (χ1n) is 5.03. The van der Waals surface area contributed by atoms with Gasteiger partial charge in [0.05, 0.1) is 12.1 Å². The largest absolute Gasteiger partial charge is 0.358 e. The van der Waals surface area contributed by atoms with Crippen molar-refractivity contribution in [3.63, 3.8) is 0 Å². The van der Waals surface area contributed by atoms with E-state index in [9.17, 15) is 9.18 Å². The van der Waals surface area contributed by atoms with Crippen LogP contribution < -0.4 is 0 Å². The summed E-state index contributed by atoms with van der Waals surface area (Å²) in [5, 5.41) is 0.645. The van der Waals surface area contributed by atoms with Gasteiger partial charge in [0.2, 0.25) is 0 Å². The molecule has 0 amide bonds. The van der Waals surface area contributed by atoms with Gasteiger partial charge in [0.1, 0.15) is 5.82 Å². The van der Waals surface area contributed by atoms with E-state index >= 15 is 0 Å². The molecule has 1 heterocycles. The number of H-pyrrole nitrogens is 1. The number of benzene rings is 1. The Morgan fingerprint density at radius 1 is 1.44 bits per heavy atom. The fraction of sp³-hybridized carbons (Fsp3) is 0.250. The highest BCUT2D eigenvalue weighted by Crippen LogP contribution is 2.21. The molecule has 0 aliphatic rings. The van der Waals surface area contributed by atoms with Crippen molar-refractivity contribution in [1.82, 2.24) is 9.88 Å². The number of halogens is 1. The van der Waals surface area contributed by atoms with E-state index in [-0.39, 0.29) is 11.6 Å². The standard InChI is InChI=1S/C12H13FN2O/c1-15(2)7-11(16)9-6-14-12-8(9)4-3-5-10(12)13/h3-6,14H,7H2,1-2H3. The zero-order valence-corrected chi connectivity index (χ0v) is 9.25. The lowest BCUT2D eigenvalue weighted by Gasteiger charge is -2.07. The molecule has 3 nitrogen and oxygen atoms in total. The highest BCUT2D eigenvalue weighted by atomic mass is 19.1. The quantitative estimate of drug-likeness (QED) is 0.804. The van der Waals surface area contributed by atoms with E-state index in [1.807, 2.05) is 14.1 Å². The fourth-order valence-electron chi connectivity index (χ4n) is 1.72. The van der Waals surface area contributed by atoms with Gasteiger partial charge in [-0.1, -0.05) is 12.1 Å². The van der Waals surface area contributed by atoms with Crippen molar-refractivity contribution in [3.8, 4) is 0 Å². The van der Waals surface area contributed by atoms with E-state index in [1.54, 1.807) is 23.2 Å². The summed E-state index contributed by atoms with van der Waals surface area (Å²) in [7, 11) is 3.65. The zero-order chi connectivity index (χ0) is 11.7. The maximum absolute atomic E-state index is 13.4. The number of ketones is 1. The minimum Gasteiger partial charge on any atom is -0.358 e. The average Bonchev–Trinajstić information content (AvgIpc) is 2.61. The number of Topliss-reactive ketones (excluding diaryl/α,β-unsaturated/α-hetero) is 1. The van der Waals surface area contributed by atoms with Crippen LogP contribution in [0.3, 0.4) is 0 Å². The first-order chi connectivity index (χ1) is 7.59. The summed E-state index contributed by atoms with van der Waals surface area (Å²) in [5.41, 5.74) is 0.938. The second-order valence-electron chi connectivity index (χ2n) is 4.03. The molecule has 1 N–H and O–H groups in total. The van der Waals surface area contributed by atoms with Crippen LogP contribution in [0.25, 0.3) is 10.9 Å². The molecule has 0 spiro atoms. The molecular formula is C12H13FN2O. The first kappa shape index (κ1) is 10.8. The van der Waals surface area contributed by atoms with Crippen molar-refractivity contribution in [2.45, 2.75) is 0 Å². The van der Waals surface area contributed by atoms with Gasteiger partial charge >= 0.3 is 0 Å². The molecule has 0 atom stereocenters. The molecule has 4 heteroatoms. The molecular weight excluding hydrogens is 207 g/mol. The molecule has 84 valence electrons. The van der Waals surface area contributed by atoms with E-state index < -0.39 is 0 Å². The number of para-hydroxylation sites is 1. The molecule has 16 heavy (non-hydrogen) atoms. The van der Waals surface area contributed by atoms with Crippen LogP contribution in [0.15, 0.2) is 24.4 Å². The van der Waals surface area contributed by atoms with Gasteiger partial charge in [0.25, 0.3) is 0 Å². The van der Waals surface area contributed by atoms with Crippen molar-refractivity contribution in [1.29, 1.82) is 0 Å². The Balaban J connectivity index is 2.46. The normalized spacial score (nSPS) is 11.2. The summed E-state index contributed by atoms with van der Waals surface area (Å²) in [6, 6.07) is 4.73. The van der Waals surface area contributed by atoms with Gasteiger partial charge in [-0.05, 0) is 20.2 Å². The van der Waals surface area contributed by atoms with Gasteiger partial charge in [-0.2, -0.15) is 0 Å². The predicted octanol–water partition coefficient (Wildman–Crippen LogP) is 2.05. The number of nitrogens with one attached hydrogen (secondary N) is 1. The summed E-state index contributed by atoms with van der Waals surface area (Å²) in [6.07, 6.45) is 1.57. The second kappa shape index (κ2) is 4.06. The number of fused-ring (bicyclic) bond motifs is 1. The van der Waals surface area contributed by atoms with Crippen molar-refractivity contribution in [2.24, 2.45) is 0 Å². The lowest BCUT2D eigenvalue weighted by molar-refractivity contribution is 0.0959. The third-order valence-electron chi connectivity index (χ3n) is 2.42. The number of aromatic amines is 1. The lowest BCUT2D eigenvalue weighted by atomic mass is 10.1. The van der Waals surface area contributed by atoms with Crippen LogP contribution in [0.2, 0.25) is 0 Å². The Morgan fingerprint density at radius 3 is 2.88 bits per heavy atom. The number of carbonyl (C=O) groups excluding carboxylic acids is 1. The highest BCUT2D eigenvalue weighted by molar-refractivity contribution is 6.08. The summed E-state index contributed by atoms with van der Waals surface area (Å²) in [5.74, 6) is -0.344. The van der Waals surface area contributed by atoms with Crippen LogP contribution in [0, 0.1) is 5.82 Å². The minimum absolute atomic E-state index is 0.0122. The monoisotopic (exact) mass is 220 g/mol. The summed E-state index contributed by atoms with van der Waals surface area (Å²) >= 11 is 0. The number of rotatable bonds is 3. The molecule has 0 unspecified atom stereocenters. The van der Waals surface area contributed by atoms with Gasteiger partial charge in [-0.25, -0.2) is 4.39 Å². The van der Waals surface area contributed by atoms with Gasteiger partial charge in [0, 0.05) is 17.1 Å². The maximum atomic E-state index is 13.4.